The van der Waals surface area contributed by atoms with Crippen molar-refractivity contribution in [1.82, 2.24) is 19.9 Å². The largest absolute Gasteiger partial charge is 0.481 e. The summed E-state index contributed by atoms with van der Waals surface area (Å²) in [5, 5.41) is 13.6. The number of amides is 1. The summed E-state index contributed by atoms with van der Waals surface area (Å²) >= 11 is 0. The van der Waals surface area contributed by atoms with E-state index in [-0.39, 0.29) is 11.5 Å². The molecule has 0 spiro atoms. The van der Waals surface area contributed by atoms with Crippen LogP contribution in [0.5, 0.6) is 5.88 Å². The van der Waals surface area contributed by atoms with E-state index in [1.54, 1.807) is 18.7 Å². The highest BCUT2D eigenvalue weighted by Gasteiger charge is 2.49. The Morgan fingerprint density at radius 3 is 2.54 bits per heavy atom. The summed E-state index contributed by atoms with van der Waals surface area (Å²) in [6.45, 7) is 7.74. The molecule has 1 atom stereocenters. The molecule has 1 amide bonds. The number of methoxy groups -OCH3 is 1. The molecule has 1 aromatic carbocycles. The topological polar surface area (TPSA) is 100 Å². The van der Waals surface area contributed by atoms with Crippen LogP contribution in [0.15, 0.2) is 30.3 Å². The highest BCUT2D eigenvalue weighted by molar-refractivity contribution is 5.91. The quantitative estimate of drug-likeness (QED) is 0.425. The van der Waals surface area contributed by atoms with Crippen LogP contribution < -0.4 is 10.1 Å². The summed E-state index contributed by atoms with van der Waals surface area (Å²) in [6.07, 6.45) is 2.55. The molecule has 3 aromatic rings. The van der Waals surface area contributed by atoms with Gasteiger partial charge in [0.15, 0.2) is 5.65 Å². The van der Waals surface area contributed by atoms with Gasteiger partial charge < -0.3 is 20.1 Å². The second kappa shape index (κ2) is 10.4. The number of carbonyl (C=O) groups is 1. The number of hydrogen-bond donors (Lipinski definition) is 2. The van der Waals surface area contributed by atoms with E-state index in [1.165, 1.54) is 26.2 Å². The Balaban J connectivity index is 1.76. The molecule has 4 rings (SSSR count). The molecule has 1 aliphatic heterocycles. The number of fused-ring (bicyclic) bond motifs is 1. The summed E-state index contributed by atoms with van der Waals surface area (Å²) in [4.78, 5) is 27.0. The first-order valence-corrected chi connectivity index (χ1v) is 12.6. The van der Waals surface area contributed by atoms with E-state index >= 15 is 4.39 Å². The van der Waals surface area contributed by atoms with Crippen molar-refractivity contribution in [3.8, 4) is 5.88 Å². The first-order valence-electron chi connectivity index (χ1n) is 12.6. The second-order valence-corrected chi connectivity index (χ2v) is 10.2. The Morgan fingerprint density at radius 1 is 1.23 bits per heavy atom. The molecule has 11 heteroatoms. The number of alkyl halides is 2. The van der Waals surface area contributed by atoms with Crippen molar-refractivity contribution >= 4 is 28.3 Å². The van der Waals surface area contributed by atoms with Crippen LogP contribution in [0.1, 0.15) is 62.7 Å². The Morgan fingerprint density at radius 2 is 1.95 bits per heavy atom. The first-order chi connectivity index (χ1) is 18.2. The number of halogens is 3. The van der Waals surface area contributed by atoms with Gasteiger partial charge in [0.25, 0.3) is 0 Å². The van der Waals surface area contributed by atoms with Gasteiger partial charge >= 0.3 is 5.92 Å². The highest BCUT2D eigenvalue weighted by Crippen LogP contribution is 2.41. The Bertz CT molecular complexity index is 1450. The van der Waals surface area contributed by atoms with Crippen molar-refractivity contribution < 1.29 is 27.8 Å². The molecule has 0 saturated heterocycles. The van der Waals surface area contributed by atoms with Crippen molar-refractivity contribution in [1.29, 1.82) is 0 Å². The predicted molar refractivity (Wildman–Crippen MR) is 142 cm³/mol. The van der Waals surface area contributed by atoms with Gasteiger partial charge in [-0.2, -0.15) is 13.8 Å². The van der Waals surface area contributed by atoms with Gasteiger partial charge in [-0.3, -0.25) is 4.79 Å². The molecule has 2 N–H and O–H groups in total. The van der Waals surface area contributed by atoms with Gasteiger partial charge in [0, 0.05) is 31.1 Å². The minimum Gasteiger partial charge on any atom is -0.481 e. The fraction of sp³-hybridized carbons (Fsp3) is 0.429. The first kappa shape index (κ1) is 28.3. The number of nitrogens with one attached hydrogen (secondary N) is 1. The summed E-state index contributed by atoms with van der Waals surface area (Å²) in [5.74, 6) is -3.81. The zero-order valence-electron chi connectivity index (χ0n) is 22.8. The van der Waals surface area contributed by atoms with Gasteiger partial charge in [-0.05, 0) is 51.8 Å². The molecule has 0 bridgehead atoms. The average molecular weight is 544 g/mol. The van der Waals surface area contributed by atoms with Crippen LogP contribution in [0.3, 0.4) is 0 Å². The lowest BCUT2D eigenvalue weighted by Crippen LogP contribution is -2.41. The van der Waals surface area contributed by atoms with Crippen LogP contribution in [-0.2, 0) is 10.7 Å². The third-order valence-electron chi connectivity index (χ3n) is 6.91. The number of nitrogens with zero attached hydrogens (tertiary/aromatic N) is 4. The number of ether oxygens (including phenoxy) is 1. The van der Waals surface area contributed by atoms with E-state index in [2.05, 4.69) is 20.3 Å². The van der Waals surface area contributed by atoms with E-state index in [0.717, 1.165) is 25.5 Å². The van der Waals surface area contributed by atoms with Gasteiger partial charge in [0.1, 0.15) is 23.1 Å². The van der Waals surface area contributed by atoms with E-state index in [1.807, 2.05) is 12.1 Å². The van der Waals surface area contributed by atoms with Crippen LogP contribution in [0.4, 0.5) is 19.0 Å². The number of aliphatic hydroxyl groups is 1. The van der Waals surface area contributed by atoms with Gasteiger partial charge in [-0.15, -0.1) is 0 Å². The Kier molecular flexibility index (Phi) is 7.57. The van der Waals surface area contributed by atoms with E-state index < -0.39 is 28.9 Å². The smallest absolute Gasteiger partial charge is 0.303 e. The maximum Gasteiger partial charge on any atom is 0.303 e. The van der Waals surface area contributed by atoms with Gasteiger partial charge in [0.05, 0.1) is 24.1 Å². The van der Waals surface area contributed by atoms with Gasteiger partial charge in [-0.1, -0.05) is 18.2 Å². The molecule has 8 nitrogen and oxygen atoms in total. The number of hydrogen-bond acceptors (Lipinski definition) is 7. The fourth-order valence-electron chi connectivity index (χ4n) is 4.58. The molecule has 0 aliphatic carbocycles. The highest BCUT2D eigenvalue weighted by atomic mass is 19.3. The number of aromatic nitrogens is 3. The van der Waals surface area contributed by atoms with Gasteiger partial charge in [-0.25, -0.2) is 14.4 Å². The fourth-order valence-corrected chi connectivity index (χ4v) is 4.58. The number of carbonyl (C=O) groups excluding carboxylic acids is 1. The molecule has 208 valence electrons. The molecule has 0 saturated carbocycles. The predicted octanol–water partition coefficient (Wildman–Crippen LogP) is 5.15. The van der Waals surface area contributed by atoms with Crippen LogP contribution in [0.2, 0.25) is 0 Å². The summed E-state index contributed by atoms with van der Waals surface area (Å²) in [7, 11) is 1.51. The molecular weight excluding hydrogens is 511 g/mol. The van der Waals surface area contributed by atoms with E-state index in [4.69, 9.17) is 4.74 Å². The monoisotopic (exact) mass is 543 g/mol. The minimum absolute atomic E-state index is 0.00475. The normalized spacial score (nSPS) is 15.2. The SMILES string of the molecule is COc1nc2nc(C)nc(NC(C)c3cccc(C(F)(F)C(C)(C)O)c3F)c2cc1C1=CCN(C(C)=O)CC1. The molecule has 2 aromatic heterocycles. The molecule has 1 unspecified atom stereocenters. The Labute approximate surface area is 224 Å². The van der Waals surface area contributed by atoms with Crippen molar-refractivity contribution in [3.63, 3.8) is 0 Å². The van der Waals surface area contributed by atoms with Crippen molar-refractivity contribution in [2.75, 3.05) is 25.5 Å². The molecule has 0 radical (unpaired) electrons. The molecule has 1 aliphatic rings. The van der Waals surface area contributed by atoms with E-state index in [9.17, 15) is 18.7 Å². The van der Waals surface area contributed by atoms with Crippen molar-refractivity contribution in [2.24, 2.45) is 0 Å². The molecule has 39 heavy (non-hydrogen) atoms. The second-order valence-electron chi connectivity index (χ2n) is 10.2. The minimum atomic E-state index is -3.81. The Hall–Kier alpha value is -3.73. The number of benzene rings is 1. The number of pyridine rings is 1. The van der Waals surface area contributed by atoms with Crippen LogP contribution >= 0.6 is 0 Å². The molecule has 3 heterocycles. The summed E-state index contributed by atoms with van der Waals surface area (Å²) in [5.41, 5.74) is -1.34. The molecular formula is C28H32F3N5O3. The van der Waals surface area contributed by atoms with Crippen LogP contribution in [-0.4, -0.2) is 56.7 Å². The van der Waals surface area contributed by atoms with E-state index in [0.29, 0.717) is 53.6 Å². The zero-order chi connectivity index (χ0) is 28.7. The van der Waals surface area contributed by atoms with Crippen LogP contribution in [0.25, 0.3) is 16.6 Å². The standard InChI is InChI=1S/C28H32F3N5O3/c1-15(19-8-7-9-22(23(19)29)28(30,31)27(4,5)38)32-24-21-14-20(18-10-12-36(13-11-18)17(3)37)26(39-6)35-25(21)34-16(2)33-24/h7-10,14-15,38H,11-13H2,1-6H3,(H,32,33,34,35). The molecule has 0 fully saturated rings. The lowest BCUT2D eigenvalue weighted by Gasteiger charge is -2.30. The maximum absolute atomic E-state index is 15.4. The third-order valence-corrected chi connectivity index (χ3v) is 6.91. The lowest BCUT2D eigenvalue weighted by atomic mass is 9.91. The maximum atomic E-state index is 15.4. The van der Waals surface area contributed by atoms with Gasteiger partial charge in [0.2, 0.25) is 11.8 Å². The number of anilines is 1. The zero-order valence-corrected chi connectivity index (χ0v) is 22.8. The van der Waals surface area contributed by atoms with Crippen molar-refractivity contribution in [2.45, 2.75) is 58.6 Å². The lowest BCUT2D eigenvalue weighted by molar-refractivity contribution is -0.170. The van der Waals surface area contributed by atoms with Crippen LogP contribution in [0, 0.1) is 12.7 Å². The summed E-state index contributed by atoms with van der Waals surface area (Å²) in [6, 6.07) is 4.78. The number of aryl methyl sites for hydroxylation is 1. The average Bonchev–Trinajstić information content (AvgIpc) is 2.87. The third kappa shape index (κ3) is 5.40. The summed E-state index contributed by atoms with van der Waals surface area (Å²) < 4.78 is 50.6. The number of rotatable bonds is 7. The van der Waals surface area contributed by atoms with Crippen molar-refractivity contribution in [3.05, 3.63) is 58.7 Å².